The highest BCUT2D eigenvalue weighted by molar-refractivity contribution is 7.99. The Morgan fingerprint density at radius 1 is 1.47 bits per heavy atom. The third-order valence-electron chi connectivity index (χ3n) is 2.54. The van der Waals surface area contributed by atoms with E-state index in [9.17, 15) is 4.39 Å². The van der Waals surface area contributed by atoms with E-state index in [1.54, 1.807) is 35.6 Å². The van der Waals surface area contributed by atoms with E-state index in [1.807, 2.05) is 5.32 Å². The lowest BCUT2D eigenvalue weighted by Gasteiger charge is -2.04. The van der Waals surface area contributed by atoms with Crippen LogP contribution < -0.4 is 5.32 Å². The molecule has 0 atom stereocenters. The van der Waals surface area contributed by atoms with E-state index in [0.29, 0.717) is 17.1 Å². The van der Waals surface area contributed by atoms with Crippen molar-refractivity contribution in [2.45, 2.75) is 11.7 Å². The average molecular weight is 303 g/mol. The minimum Gasteiger partial charge on any atom is -0.342 e. The molecule has 1 aromatic carbocycles. The third-order valence-corrected chi connectivity index (χ3v) is 3.94. The Bertz CT molecular complexity index is 527. The Balaban J connectivity index is 1.74. The summed E-state index contributed by atoms with van der Waals surface area (Å²) in [6.07, 6.45) is 0. The highest BCUT2D eigenvalue weighted by Crippen LogP contribution is 2.17. The van der Waals surface area contributed by atoms with Gasteiger partial charge in [0.1, 0.15) is 12.4 Å². The van der Waals surface area contributed by atoms with E-state index in [-0.39, 0.29) is 5.82 Å². The first kappa shape index (κ1) is 14.2. The molecule has 8 heteroatoms. The van der Waals surface area contributed by atoms with Gasteiger partial charge in [0.15, 0.2) is 0 Å². The van der Waals surface area contributed by atoms with Gasteiger partial charge < -0.3 is 5.32 Å². The molecule has 0 saturated heterocycles. The van der Waals surface area contributed by atoms with Crippen molar-refractivity contribution < 1.29 is 9.71 Å². The molecule has 2 rings (SSSR count). The number of hydrogen-bond acceptors (Lipinski definition) is 4. The average Bonchev–Trinajstić information content (AvgIpc) is 2.78. The molecule has 0 bridgehead atoms. The predicted molar refractivity (Wildman–Crippen MR) is 71.4 cm³/mol. The Morgan fingerprint density at radius 2 is 2.32 bits per heavy atom. The standard InChI is InChI=1S/C11H13ClFN5S/c1-18-11(15-16-17-18)19-6-5-14-7-8-9(12)3-2-4-10(8)13/h2-4,14H,5-7H2,1H3/p+1. The molecule has 0 spiro atoms. The first-order chi connectivity index (χ1) is 9.18. The Labute approximate surface area is 119 Å². The van der Waals surface area contributed by atoms with Crippen molar-refractivity contribution in [3.8, 4) is 0 Å². The number of rotatable bonds is 6. The Hall–Kier alpha value is -1.18. The van der Waals surface area contributed by atoms with E-state index >= 15 is 0 Å². The number of tetrazole rings is 1. The van der Waals surface area contributed by atoms with Crippen molar-refractivity contribution in [1.29, 1.82) is 0 Å². The van der Waals surface area contributed by atoms with Gasteiger partial charge in [0.25, 0.3) is 0 Å². The second-order valence-electron chi connectivity index (χ2n) is 3.92. The van der Waals surface area contributed by atoms with Crippen LogP contribution in [0.5, 0.6) is 0 Å². The van der Waals surface area contributed by atoms with Crippen molar-refractivity contribution >= 4 is 23.4 Å². The second-order valence-corrected chi connectivity index (χ2v) is 5.38. The topological polar surface area (TPSA) is 60.2 Å². The monoisotopic (exact) mass is 302 g/mol. The largest absolute Gasteiger partial charge is 0.342 e. The van der Waals surface area contributed by atoms with Crippen molar-refractivity contribution in [1.82, 2.24) is 20.2 Å². The molecule has 0 fully saturated rings. The molecule has 0 aliphatic heterocycles. The van der Waals surface area contributed by atoms with Gasteiger partial charge in [0.2, 0.25) is 5.16 Å². The lowest BCUT2D eigenvalue weighted by molar-refractivity contribution is -0.666. The number of thioether (sulfide) groups is 1. The van der Waals surface area contributed by atoms with Crippen LogP contribution in [0, 0.1) is 5.82 Å². The first-order valence-corrected chi connectivity index (χ1v) is 7.14. The number of nitrogens with two attached hydrogens (primary N) is 1. The van der Waals surface area contributed by atoms with Gasteiger partial charge in [-0.05, 0) is 22.6 Å². The van der Waals surface area contributed by atoms with Crippen LogP contribution in [-0.2, 0) is 13.6 Å². The molecule has 2 aromatic rings. The molecule has 0 unspecified atom stereocenters. The van der Waals surface area contributed by atoms with Gasteiger partial charge in [-0.15, -0.1) is 5.10 Å². The molecule has 2 N–H and O–H groups in total. The van der Waals surface area contributed by atoms with Crippen LogP contribution in [-0.4, -0.2) is 32.5 Å². The number of benzene rings is 1. The molecule has 5 nitrogen and oxygen atoms in total. The predicted octanol–water partition coefficient (Wildman–Crippen LogP) is 0.858. The summed E-state index contributed by atoms with van der Waals surface area (Å²) in [5.41, 5.74) is 0.550. The lowest BCUT2D eigenvalue weighted by Crippen LogP contribution is -2.83. The number of aromatic nitrogens is 4. The summed E-state index contributed by atoms with van der Waals surface area (Å²) in [5, 5.41) is 14.4. The van der Waals surface area contributed by atoms with Gasteiger partial charge in [-0.1, -0.05) is 29.4 Å². The van der Waals surface area contributed by atoms with Crippen LogP contribution in [0.25, 0.3) is 0 Å². The molecular formula is C11H14ClFN5S+. The lowest BCUT2D eigenvalue weighted by atomic mass is 10.2. The SMILES string of the molecule is Cn1nnnc1SCC[NH2+]Cc1c(F)cccc1Cl. The van der Waals surface area contributed by atoms with Gasteiger partial charge in [-0.2, -0.15) is 0 Å². The molecular weight excluding hydrogens is 289 g/mol. The maximum absolute atomic E-state index is 13.5. The van der Waals surface area contributed by atoms with Crippen LogP contribution in [0.3, 0.4) is 0 Å². The smallest absolute Gasteiger partial charge is 0.209 e. The van der Waals surface area contributed by atoms with Gasteiger partial charge in [0.05, 0.1) is 22.9 Å². The molecule has 19 heavy (non-hydrogen) atoms. The highest BCUT2D eigenvalue weighted by atomic mass is 35.5. The Morgan fingerprint density at radius 3 is 3.00 bits per heavy atom. The van der Waals surface area contributed by atoms with Crippen LogP contribution in [0.15, 0.2) is 23.4 Å². The molecule has 1 aromatic heterocycles. The summed E-state index contributed by atoms with van der Waals surface area (Å²) in [5.74, 6) is 0.592. The zero-order valence-corrected chi connectivity index (χ0v) is 12.0. The van der Waals surface area contributed by atoms with E-state index < -0.39 is 0 Å². The van der Waals surface area contributed by atoms with Gasteiger partial charge in [0, 0.05) is 7.05 Å². The van der Waals surface area contributed by atoms with Crippen molar-refractivity contribution in [3.05, 3.63) is 34.6 Å². The van der Waals surface area contributed by atoms with Gasteiger partial charge in [-0.3, -0.25) is 0 Å². The third kappa shape index (κ3) is 3.89. The van der Waals surface area contributed by atoms with E-state index in [0.717, 1.165) is 17.5 Å². The van der Waals surface area contributed by atoms with Crippen LogP contribution >= 0.6 is 23.4 Å². The fraction of sp³-hybridized carbons (Fsp3) is 0.364. The maximum atomic E-state index is 13.5. The molecule has 0 aliphatic rings. The normalized spacial score (nSPS) is 10.9. The summed E-state index contributed by atoms with van der Waals surface area (Å²) in [6.45, 7) is 1.37. The minimum atomic E-state index is -0.256. The summed E-state index contributed by atoms with van der Waals surface area (Å²) >= 11 is 7.52. The van der Waals surface area contributed by atoms with Crippen molar-refractivity contribution in [2.75, 3.05) is 12.3 Å². The number of halogens is 2. The Kier molecular flexibility index (Phi) is 5.12. The molecule has 0 saturated carbocycles. The summed E-state index contributed by atoms with van der Waals surface area (Å²) in [6, 6.07) is 4.74. The van der Waals surface area contributed by atoms with Crippen molar-refractivity contribution in [2.24, 2.45) is 7.05 Å². The van der Waals surface area contributed by atoms with E-state index in [1.165, 1.54) is 6.07 Å². The van der Waals surface area contributed by atoms with E-state index in [4.69, 9.17) is 11.6 Å². The molecule has 1 heterocycles. The molecule has 0 radical (unpaired) electrons. The first-order valence-electron chi connectivity index (χ1n) is 5.78. The van der Waals surface area contributed by atoms with Crippen LogP contribution in [0.1, 0.15) is 5.56 Å². The molecule has 0 aliphatic carbocycles. The van der Waals surface area contributed by atoms with E-state index in [2.05, 4.69) is 15.5 Å². The maximum Gasteiger partial charge on any atom is 0.209 e. The van der Waals surface area contributed by atoms with Crippen LogP contribution in [0.2, 0.25) is 5.02 Å². The fourth-order valence-electron chi connectivity index (χ4n) is 1.55. The van der Waals surface area contributed by atoms with Crippen molar-refractivity contribution in [3.63, 3.8) is 0 Å². The van der Waals surface area contributed by atoms with Gasteiger partial charge >= 0.3 is 0 Å². The quantitative estimate of drug-likeness (QED) is 0.635. The van der Waals surface area contributed by atoms with Gasteiger partial charge in [-0.25, -0.2) is 9.07 Å². The number of nitrogens with zero attached hydrogens (tertiary/aromatic N) is 4. The number of aryl methyl sites for hydroxylation is 1. The highest BCUT2D eigenvalue weighted by Gasteiger charge is 2.08. The fourth-order valence-corrected chi connectivity index (χ4v) is 2.58. The van der Waals surface area contributed by atoms with Crippen LogP contribution in [0.4, 0.5) is 4.39 Å². The zero-order valence-electron chi connectivity index (χ0n) is 10.4. The summed E-state index contributed by atoms with van der Waals surface area (Å²) < 4.78 is 15.1. The minimum absolute atomic E-state index is 0.256. The summed E-state index contributed by atoms with van der Waals surface area (Å²) in [7, 11) is 1.80. The number of quaternary nitrogens is 1. The molecule has 0 amide bonds. The second kappa shape index (κ2) is 6.83. The zero-order chi connectivity index (χ0) is 13.7. The summed E-state index contributed by atoms with van der Waals surface area (Å²) in [4.78, 5) is 0. The molecule has 102 valence electrons. The number of hydrogen-bond donors (Lipinski definition) is 1.